The zero-order chi connectivity index (χ0) is 19.2. The largest absolute Gasteiger partial charge is 0.460 e. The Kier molecular flexibility index (Phi) is 7.10. The number of halogens is 4. The molecule has 1 saturated heterocycles. The number of nitrogens with zero attached hydrogens (tertiary/aromatic N) is 1. The molecule has 26 heavy (non-hydrogen) atoms. The molecule has 10 heteroatoms. The zero-order valence-electron chi connectivity index (χ0n) is 14.0. The van der Waals surface area contributed by atoms with E-state index in [0.29, 0.717) is 6.61 Å². The average Bonchev–Trinajstić information content (AvgIpc) is 3.08. The molecule has 1 aromatic rings. The molecule has 1 heterocycles. The van der Waals surface area contributed by atoms with Crippen LogP contribution in [0.15, 0.2) is 23.2 Å². The van der Waals surface area contributed by atoms with Crippen LogP contribution >= 0.6 is 11.6 Å². The van der Waals surface area contributed by atoms with Gasteiger partial charge in [-0.2, -0.15) is 13.2 Å². The number of hydrogen-bond acceptors (Lipinski definition) is 5. The Morgan fingerprint density at radius 3 is 2.85 bits per heavy atom. The maximum Gasteiger partial charge on any atom is 0.416 e. The molecule has 6 nitrogen and oxygen atoms in total. The molecule has 0 spiro atoms. The van der Waals surface area contributed by atoms with Crippen LogP contribution in [0, 0.1) is 0 Å². The van der Waals surface area contributed by atoms with E-state index in [0.717, 1.165) is 31.0 Å². The van der Waals surface area contributed by atoms with Gasteiger partial charge in [-0.1, -0.05) is 11.6 Å². The smallest absolute Gasteiger partial charge is 0.416 e. The minimum atomic E-state index is -4.51. The fourth-order valence-corrected chi connectivity index (χ4v) is 2.42. The summed E-state index contributed by atoms with van der Waals surface area (Å²) in [5.41, 5.74) is 4.05. The van der Waals surface area contributed by atoms with Crippen LogP contribution in [0.25, 0.3) is 0 Å². The third kappa shape index (κ3) is 5.77. The van der Waals surface area contributed by atoms with Gasteiger partial charge in [0, 0.05) is 6.61 Å². The Hall–Kier alpha value is -2.00. The summed E-state index contributed by atoms with van der Waals surface area (Å²) in [4.78, 5) is 16.1. The number of anilines is 1. The van der Waals surface area contributed by atoms with Gasteiger partial charge in [0.15, 0.2) is 0 Å². The quantitative estimate of drug-likeness (QED) is 0.347. The molecule has 0 saturated carbocycles. The van der Waals surface area contributed by atoms with Gasteiger partial charge in [0.2, 0.25) is 5.84 Å². The summed E-state index contributed by atoms with van der Waals surface area (Å²) >= 11 is 5.91. The number of aliphatic imine (C=N–C) groups is 1. The fourth-order valence-electron chi connectivity index (χ4n) is 2.26. The second-order valence-electron chi connectivity index (χ2n) is 5.49. The lowest BCUT2D eigenvalue weighted by atomic mass is 10.2. The number of ether oxygens (including phenoxy) is 2. The van der Waals surface area contributed by atoms with E-state index >= 15 is 0 Å². The molecule has 0 aromatic heterocycles. The highest BCUT2D eigenvalue weighted by Crippen LogP contribution is 2.33. The van der Waals surface area contributed by atoms with E-state index in [1.54, 1.807) is 6.92 Å². The van der Waals surface area contributed by atoms with Gasteiger partial charge >= 0.3 is 12.1 Å². The Bertz CT molecular complexity index is 662. The van der Waals surface area contributed by atoms with E-state index in [4.69, 9.17) is 21.1 Å². The van der Waals surface area contributed by atoms with E-state index in [-0.39, 0.29) is 35.8 Å². The highest BCUT2D eigenvalue weighted by molar-refractivity contribution is 6.36. The molecule has 0 aliphatic carbocycles. The zero-order valence-corrected chi connectivity index (χ0v) is 14.8. The number of benzene rings is 1. The first-order valence-electron chi connectivity index (χ1n) is 8.03. The third-order valence-corrected chi connectivity index (χ3v) is 3.88. The van der Waals surface area contributed by atoms with Gasteiger partial charge in [0.25, 0.3) is 0 Å². The highest BCUT2D eigenvalue weighted by atomic mass is 35.5. The van der Waals surface area contributed by atoms with Crippen molar-refractivity contribution in [1.82, 2.24) is 5.43 Å². The molecule has 1 fully saturated rings. The number of carbonyl (C=O) groups is 1. The maximum atomic E-state index is 12.8. The van der Waals surface area contributed by atoms with Crippen molar-refractivity contribution in [1.29, 1.82) is 0 Å². The van der Waals surface area contributed by atoms with Gasteiger partial charge in [0.1, 0.15) is 0 Å². The predicted molar refractivity (Wildman–Crippen MR) is 91.1 cm³/mol. The molecule has 1 aromatic carbocycles. The Labute approximate surface area is 153 Å². The summed E-state index contributed by atoms with van der Waals surface area (Å²) in [5, 5.41) is 0.0489. The molecule has 0 amide bonds. The van der Waals surface area contributed by atoms with Gasteiger partial charge in [-0.25, -0.2) is 4.79 Å². The molecule has 2 N–H and O–H groups in total. The van der Waals surface area contributed by atoms with Crippen LogP contribution in [0.3, 0.4) is 0 Å². The molecule has 0 bridgehead atoms. The molecular weight excluding hydrogens is 375 g/mol. The standard InChI is InChI=1S/C16H19ClF3N3O3/c1-2-25-15(24)14(21-9-11-4-3-7-26-11)23-22-13-8-10(16(18,19)20)5-6-12(13)17/h5-6,8,11,22H,2-4,7,9H2,1H3,(H,21,23)/t11-/m0/s1. The number of alkyl halides is 3. The molecule has 1 aliphatic rings. The van der Waals surface area contributed by atoms with Gasteiger partial charge in [0.05, 0.1) is 35.5 Å². The van der Waals surface area contributed by atoms with E-state index in [1.165, 1.54) is 0 Å². The lowest BCUT2D eigenvalue weighted by Gasteiger charge is -2.15. The molecule has 0 unspecified atom stereocenters. The summed E-state index contributed by atoms with van der Waals surface area (Å²) in [5.74, 6) is -0.906. The molecule has 0 radical (unpaired) electrons. The maximum absolute atomic E-state index is 12.8. The van der Waals surface area contributed by atoms with Crippen LogP contribution in [0.2, 0.25) is 5.02 Å². The van der Waals surface area contributed by atoms with Crippen molar-refractivity contribution in [2.45, 2.75) is 32.0 Å². The highest BCUT2D eigenvalue weighted by Gasteiger charge is 2.31. The molecular formula is C16H19ClF3N3O3. The molecule has 144 valence electrons. The van der Waals surface area contributed by atoms with E-state index < -0.39 is 17.7 Å². The van der Waals surface area contributed by atoms with E-state index in [9.17, 15) is 18.0 Å². The number of hydrazine groups is 1. The first-order valence-corrected chi connectivity index (χ1v) is 8.41. The minimum Gasteiger partial charge on any atom is -0.460 e. The SMILES string of the molecule is CCOC(=O)C(=NC[C@@H]1CCCO1)NNc1cc(C(F)(F)F)ccc1Cl. The predicted octanol–water partition coefficient (Wildman–Crippen LogP) is 3.42. The van der Waals surface area contributed by atoms with Gasteiger partial charge in [-0.05, 0) is 38.0 Å². The Morgan fingerprint density at radius 1 is 1.46 bits per heavy atom. The summed E-state index contributed by atoms with van der Waals surface area (Å²) in [6, 6.07) is 2.81. The van der Waals surface area contributed by atoms with Crippen LogP contribution in [0.5, 0.6) is 0 Å². The fraction of sp³-hybridized carbons (Fsp3) is 0.500. The minimum absolute atomic E-state index is 0.0457. The monoisotopic (exact) mass is 393 g/mol. The topological polar surface area (TPSA) is 72.0 Å². The number of carbonyl (C=O) groups excluding carboxylic acids is 1. The van der Waals surface area contributed by atoms with Crippen molar-refractivity contribution in [3.63, 3.8) is 0 Å². The molecule has 2 rings (SSSR count). The number of nitrogens with one attached hydrogen (secondary N) is 2. The summed E-state index contributed by atoms with van der Waals surface area (Å²) in [7, 11) is 0. The second-order valence-corrected chi connectivity index (χ2v) is 5.89. The van der Waals surface area contributed by atoms with Crippen molar-refractivity contribution < 1.29 is 27.4 Å². The first kappa shape index (κ1) is 20.3. The van der Waals surface area contributed by atoms with Gasteiger partial charge < -0.3 is 9.47 Å². The third-order valence-electron chi connectivity index (χ3n) is 3.56. The normalized spacial score (nSPS) is 17.9. The molecule has 1 atom stereocenters. The number of rotatable bonds is 5. The van der Waals surface area contributed by atoms with Crippen LogP contribution in [-0.4, -0.2) is 37.7 Å². The van der Waals surface area contributed by atoms with Crippen LogP contribution in [-0.2, 0) is 20.4 Å². The number of amidine groups is 1. The van der Waals surface area contributed by atoms with Crippen molar-refractivity contribution in [2.24, 2.45) is 4.99 Å². The second kappa shape index (κ2) is 9.09. The number of hydrogen-bond donors (Lipinski definition) is 2. The lowest BCUT2D eigenvalue weighted by molar-refractivity contribution is -0.137. The summed E-state index contributed by atoms with van der Waals surface area (Å²) < 4.78 is 48.8. The van der Waals surface area contributed by atoms with Crippen LogP contribution < -0.4 is 10.9 Å². The van der Waals surface area contributed by atoms with E-state index in [2.05, 4.69) is 15.8 Å². The Balaban J connectivity index is 2.10. The van der Waals surface area contributed by atoms with Crippen molar-refractivity contribution in [2.75, 3.05) is 25.2 Å². The summed E-state index contributed by atoms with van der Waals surface area (Å²) in [6.07, 6.45) is -2.87. The van der Waals surface area contributed by atoms with Crippen LogP contribution in [0.4, 0.5) is 18.9 Å². The van der Waals surface area contributed by atoms with Crippen molar-refractivity contribution in [3.05, 3.63) is 28.8 Å². The lowest BCUT2D eigenvalue weighted by Crippen LogP contribution is -2.37. The van der Waals surface area contributed by atoms with Gasteiger partial charge in [-0.15, -0.1) is 0 Å². The average molecular weight is 394 g/mol. The van der Waals surface area contributed by atoms with Gasteiger partial charge in [-0.3, -0.25) is 15.8 Å². The van der Waals surface area contributed by atoms with Crippen LogP contribution in [0.1, 0.15) is 25.3 Å². The summed E-state index contributed by atoms with van der Waals surface area (Å²) in [6.45, 7) is 2.63. The molecule has 1 aliphatic heterocycles. The van der Waals surface area contributed by atoms with E-state index in [1.807, 2.05) is 0 Å². The first-order chi connectivity index (χ1) is 12.3. The van der Waals surface area contributed by atoms with Crippen molar-refractivity contribution >= 4 is 29.1 Å². The Morgan fingerprint density at radius 2 is 2.23 bits per heavy atom. The van der Waals surface area contributed by atoms with Crippen molar-refractivity contribution in [3.8, 4) is 0 Å². The number of esters is 1.